The molecule has 2 aromatic heterocycles. The Morgan fingerprint density at radius 1 is 0.833 bits per heavy atom. The maximum absolute atomic E-state index is 12.8. The van der Waals surface area contributed by atoms with E-state index in [4.69, 9.17) is 0 Å². The van der Waals surface area contributed by atoms with Gasteiger partial charge in [-0.2, -0.15) is 4.31 Å². The number of thiophene rings is 1. The minimum absolute atomic E-state index is 0.418. The van der Waals surface area contributed by atoms with Crippen molar-refractivity contribution in [3.05, 3.63) is 58.0 Å². The second kappa shape index (κ2) is 8.09. The molecule has 1 fully saturated rings. The van der Waals surface area contributed by atoms with Gasteiger partial charge in [0.25, 0.3) is 10.0 Å². The van der Waals surface area contributed by atoms with Crippen molar-refractivity contribution in [3.8, 4) is 11.3 Å². The SMILES string of the molecule is Cc1ccc(S(=O)(=O)N2CCN(c3ccc(-c4cc(C)c(C)cc4C)nn3)CC2)s1. The fourth-order valence-corrected chi connectivity index (χ4v) is 6.57. The molecule has 30 heavy (non-hydrogen) atoms. The molecule has 1 saturated heterocycles. The van der Waals surface area contributed by atoms with E-state index in [2.05, 4.69) is 48.0 Å². The lowest BCUT2D eigenvalue weighted by Gasteiger charge is -2.34. The maximum atomic E-state index is 12.8. The average Bonchev–Trinajstić information content (AvgIpc) is 3.18. The van der Waals surface area contributed by atoms with Gasteiger partial charge in [-0.25, -0.2) is 8.42 Å². The summed E-state index contributed by atoms with van der Waals surface area (Å²) in [6, 6.07) is 11.9. The number of anilines is 1. The van der Waals surface area contributed by atoms with E-state index in [1.54, 1.807) is 10.4 Å². The van der Waals surface area contributed by atoms with Crippen LogP contribution in [0, 0.1) is 27.7 Å². The number of piperazine rings is 1. The molecule has 1 aromatic carbocycles. The van der Waals surface area contributed by atoms with E-state index in [1.165, 1.54) is 28.0 Å². The van der Waals surface area contributed by atoms with Crippen molar-refractivity contribution in [3.63, 3.8) is 0 Å². The molecule has 0 aliphatic carbocycles. The van der Waals surface area contributed by atoms with Crippen LogP contribution < -0.4 is 4.90 Å². The highest BCUT2D eigenvalue weighted by Crippen LogP contribution is 2.27. The van der Waals surface area contributed by atoms with Gasteiger partial charge in [-0.05, 0) is 74.7 Å². The summed E-state index contributed by atoms with van der Waals surface area (Å²) < 4.78 is 27.6. The summed E-state index contributed by atoms with van der Waals surface area (Å²) >= 11 is 1.32. The zero-order valence-electron chi connectivity index (χ0n) is 17.7. The molecule has 0 radical (unpaired) electrons. The van der Waals surface area contributed by atoms with E-state index in [0.717, 1.165) is 22.0 Å². The third kappa shape index (κ3) is 3.99. The standard InChI is InChI=1S/C22H26N4O2S2/c1-15-13-17(3)19(14-16(15)2)20-6-7-21(24-23-20)25-9-11-26(12-10-25)30(27,28)22-8-5-18(4)29-22/h5-8,13-14H,9-12H2,1-4H3. The molecule has 0 bridgehead atoms. The molecular formula is C22H26N4O2S2. The molecule has 0 unspecified atom stereocenters. The summed E-state index contributed by atoms with van der Waals surface area (Å²) in [6.45, 7) is 10.3. The van der Waals surface area contributed by atoms with Crippen molar-refractivity contribution >= 4 is 27.2 Å². The maximum Gasteiger partial charge on any atom is 0.252 e. The molecule has 8 heteroatoms. The minimum atomic E-state index is -3.41. The molecule has 0 amide bonds. The summed E-state index contributed by atoms with van der Waals surface area (Å²) in [6.07, 6.45) is 0. The Kier molecular flexibility index (Phi) is 5.65. The molecule has 0 atom stereocenters. The Morgan fingerprint density at radius 2 is 1.53 bits per heavy atom. The molecule has 3 aromatic rings. The van der Waals surface area contributed by atoms with E-state index in [1.807, 2.05) is 25.1 Å². The molecule has 1 aliphatic rings. The molecule has 3 heterocycles. The average molecular weight is 443 g/mol. The third-order valence-corrected chi connectivity index (χ3v) is 9.01. The van der Waals surface area contributed by atoms with Crippen LogP contribution in [0.4, 0.5) is 5.82 Å². The summed E-state index contributed by atoms with van der Waals surface area (Å²) in [5.41, 5.74) is 5.64. The Hall–Kier alpha value is -2.29. The van der Waals surface area contributed by atoms with Gasteiger partial charge in [-0.1, -0.05) is 6.07 Å². The smallest absolute Gasteiger partial charge is 0.252 e. The van der Waals surface area contributed by atoms with Gasteiger partial charge in [0.05, 0.1) is 5.69 Å². The van der Waals surface area contributed by atoms with Crippen LogP contribution in [0.5, 0.6) is 0 Å². The van der Waals surface area contributed by atoms with Gasteiger partial charge >= 0.3 is 0 Å². The molecule has 1 aliphatic heterocycles. The number of nitrogens with zero attached hydrogens (tertiary/aromatic N) is 4. The van der Waals surface area contributed by atoms with E-state index in [0.29, 0.717) is 30.4 Å². The molecular weight excluding hydrogens is 416 g/mol. The lowest BCUT2D eigenvalue weighted by Crippen LogP contribution is -2.48. The fourth-order valence-electron chi connectivity index (χ4n) is 3.71. The van der Waals surface area contributed by atoms with Crippen molar-refractivity contribution in [1.29, 1.82) is 0 Å². The third-order valence-electron chi connectivity index (χ3n) is 5.64. The predicted octanol–water partition coefficient (Wildman–Crippen LogP) is 3.95. The summed E-state index contributed by atoms with van der Waals surface area (Å²) in [4.78, 5) is 3.09. The number of rotatable bonds is 4. The summed E-state index contributed by atoms with van der Waals surface area (Å²) in [5, 5.41) is 8.88. The number of sulfonamides is 1. The molecule has 0 saturated carbocycles. The van der Waals surface area contributed by atoms with E-state index in [-0.39, 0.29) is 0 Å². The van der Waals surface area contributed by atoms with Crippen molar-refractivity contribution < 1.29 is 8.42 Å². The molecule has 0 spiro atoms. The number of hydrogen-bond donors (Lipinski definition) is 0. The first-order valence-corrected chi connectivity index (χ1v) is 12.2. The van der Waals surface area contributed by atoms with Gasteiger partial charge in [0.15, 0.2) is 5.82 Å². The first kappa shape index (κ1) is 21.0. The lowest BCUT2D eigenvalue weighted by molar-refractivity contribution is 0.384. The Morgan fingerprint density at radius 3 is 2.13 bits per heavy atom. The molecule has 158 valence electrons. The Labute approximate surface area is 182 Å². The minimum Gasteiger partial charge on any atom is -0.352 e. The molecule has 4 rings (SSSR count). The van der Waals surface area contributed by atoms with Crippen LogP contribution in [0.15, 0.2) is 40.6 Å². The zero-order chi connectivity index (χ0) is 21.5. The molecule has 0 N–H and O–H groups in total. The van der Waals surface area contributed by atoms with Gasteiger partial charge in [0.2, 0.25) is 0 Å². The highest BCUT2D eigenvalue weighted by Gasteiger charge is 2.30. The van der Waals surface area contributed by atoms with Crippen LogP contribution in [0.25, 0.3) is 11.3 Å². The monoisotopic (exact) mass is 442 g/mol. The van der Waals surface area contributed by atoms with E-state index >= 15 is 0 Å². The summed E-state index contributed by atoms with van der Waals surface area (Å²) in [7, 11) is -3.41. The van der Waals surface area contributed by atoms with E-state index < -0.39 is 10.0 Å². The lowest BCUT2D eigenvalue weighted by atomic mass is 9.99. The number of aryl methyl sites for hydroxylation is 4. The highest BCUT2D eigenvalue weighted by molar-refractivity contribution is 7.91. The van der Waals surface area contributed by atoms with Crippen molar-refractivity contribution in [2.24, 2.45) is 0 Å². The van der Waals surface area contributed by atoms with Crippen LogP contribution >= 0.6 is 11.3 Å². The van der Waals surface area contributed by atoms with Gasteiger partial charge in [-0.3, -0.25) is 0 Å². The highest BCUT2D eigenvalue weighted by atomic mass is 32.2. The number of benzene rings is 1. The van der Waals surface area contributed by atoms with Crippen LogP contribution in [0.3, 0.4) is 0 Å². The fraction of sp³-hybridized carbons (Fsp3) is 0.364. The predicted molar refractivity (Wildman–Crippen MR) is 122 cm³/mol. The number of hydrogen-bond acceptors (Lipinski definition) is 6. The van der Waals surface area contributed by atoms with Crippen LogP contribution in [0.1, 0.15) is 21.6 Å². The Balaban J connectivity index is 1.46. The second-order valence-corrected chi connectivity index (χ2v) is 11.2. The summed E-state index contributed by atoms with van der Waals surface area (Å²) in [5.74, 6) is 0.782. The van der Waals surface area contributed by atoms with Crippen LogP contribution in [-0.2, 0) is 10.0 Å². The van der Waals surface area contributed by atoms with Gasteiger partial charge in [0.1, 0.15) is 4.21 Å². The zero-order valence-corrected chi connectivity index (χ0v) is 19.3. The van der Waals surface area contributed by atoms with Gasteiger partial charge < -0.3 is 4.90 Å². The van der Waals surface area contributed by atoms with Crippen molar-refractivity contribution in [2.75, 3.05) is 31.1 Å². The van der Waals surface area contributed by atoms with Crippen molar-refractivity contribution in [2.45, 2.75) is 31.9 Å². The first-order valence-electron chi connectivity index (χ1n) is 9.99. The topological polar surface area (TPSA) is 66.4 Å². The normalized spacial score (nSPS) is 15.5. The molecule has 6 nitrogen and oxygen atoms in total. The van der Waals surface area contributed by atoms with E-state index in [9.17, 15) is 8.42 Å². The van der Waals surface area contributed by atoms with Crippen LogP contribution in [0.2, 0.25) is 0 Å². The van der Waals surface area contributed by atoms with Gasteiger partial charge in [-0.15, -0.1) is 21.5 Å². The van der Waals surface area contributed by atoms with Crippen LogP contribution in [-0.4, -0.2) is 49.1 Å². The van der Waals surface area contributed by atoms with Gasteiger partial charge in [0, 0.05) is 36.6 Å². The Bertz CT molecular complexity index is 1160. The quantitative estimate of drug-likeness (QED) is 0.612. The number of aromatic nitrogens is 2. The van der Waals surface area contributed by atoms with Crippen molar-refractivity contribution in [1.82, 2.24) is 14.5 Å². The second-order valence-electron chi connectivity index (χ2n) is 7.78. The first-order chi connectivity index (χ1) is 14.3. The largest absolute Gasteiger partial charge is 0.352 e.